The molecule has 0 bridgehead atoms. The monoisotopic (exact) mass is 444 g/mol. The fourth-order valence-electron chi connectivity index (χ4n) is 0.341. The van der Waals surface area contributed by atoms with Crippen molar-refractivity contribution < 1.29 is 0 Å². The van der Waals surface area contributed by atoms with E-state index in [1.54, 1.807) is 0 Å². The predicted octanol–water partition coefficient (Wildman–Crippen LogP) is 3.79. The molecule has 5 heteroatoms. The predicted molar refractivity (Wildman–Crippen MR) is 54.2 cm³/mol. The first-order valence-electron chi connectivity index (χ1n) is 1.91. The van der Waals surface area contributed by atoms with Crippen molar-refractivity contribution in [1.29, 1.82) is 0 Å². The molecule has 0 saturated heterocycles. The van der Waals surface area contributed by atoms with Crippen LogP contribution in [0.5, 0.6) is 0 Å². The van der Waals surface area contributed by atoms with Gasteiger partial charge in [-0.3, -0.25) is 0 Å². The van der Waals surface area contributed by atoms with Gasteiger partial charge in [-0.1, -0.05) is 0 Å². The number of hydrogen-bond donors (Lipinski definition) is 0. The summed E-state index contributed by atoms with van der Waals surface area (Å²) in [7, 11) is 0. The van der Waals surface area contributed by atoms with Crippen LogP contribution in [-0.4, -0.2) is 14.5 Å². The third-order valence-corrected chi connectivity index (χ3v) is 9.16. The molecule has 9 heavy (non-hydrogen) atoms. The molecular formula is C4Br4Se. The Morgan fingerprint density at radius 2 is 1.11 bits per heavy atom. The van der Waals surface area contributed by atoms with Crippen LogP contribution in [0.15, 0.2) is 15.6 Å². The topological polar surface area (TPSA) is 0 Å². The molecule has 0 atom stereocenters. The first-order chi connectivity index (χ1) is 4.13. The van der Waals surface area contributed by atoms with Crippen LogP contribution in [0.25, 0.3) is 0 Å². The van der Waals surface area contributed by atoms with Gasteiger partial charge in [-0.2, -0.15) is 0 Å². The average Bonchev–Trinajstić information content (AvgIpc) is 1.98. The maximum atomic E-state index is 3.44. The molecule has 0 aliphatic rings. The van der Waals surface area contributed by atoms with Gasteiger partial charge in [0.2, 0.25) is 0 Å². The SMILES string of the molecule is Brc1[se]c(Br)c(Br)c1Br. The molecule has 1 aromatic rings. The minimum absolute atomic E-state index is 0.428. The van der Waals surface area contributed by atoms with Gasteiger partial charge in [0.1, 0.15) is 0 Å². The van der Waals surface area contributed by atoms with E-state index in [0.29, 0.717) is 14.5 Å². The standard InChI is InChI=1S/C4Br4Se/c5-1-2(6)4(8)9-3(1)7. The molecule has 1 rings (SSSR count). The van der Waals surface area contributed by atoms with E-state index in [0.717, 1.165) is 8.95 Å². The van der Waals surface area contributed by atoms with Gasteiger partial charge >= 0.3 is 93.9 Å². The van der Waals surface area contributed by atoms with Crippen molar-refractivity contribution in [3.63, 3.8) is 0 Å². The zero-order chi connectivity index (χ0) is 7.02. The van der Waals surface area contributed by atoms with Crippen LogP contribution < -0.4 is 0 Å². The van der Waals surface area contributed by atoms with E-state index >= 15 is 0 Å². The normalized spacial score (nSPS) is 10.2. The Hall–Kier alpha value is 1.92. The van der Waals surface area contributed by atoms with Crippen LogP contribution >= 0.6 is 63.7 Å². The summed E-state index contributed by atoms with van der Waals surface area (Å²) in [4.78, 5) is 0. The third-order valence-electron chi connectivity index (χ3n) is 0.717. The summed E-state index contributed by atoms with van der Waals surface area (Å²) in [5, 5.41) is 0. The molecule has 0 aliphatic heterocycles. The van der Waals surface area contributed by atoms with Crippen LogP contribution in [0.4, 0.5) is 0 Å². The van der Waals surface area contributed by atoms with Crippen LogP contribution in [0.2, 0.25) is 0 Å². The molecule has 0 radical (unpaired) electrons. The van der Waals surface area contributed by atoms with Crippen molar-refractivity contribution in [2.45, 2.75) is 0 Å². The second kappa shape index (κ2) is 3.55. The Morgan fingerprint density at radius 1 is 0.778 bits per heavy atom. The number of rotatable bonds is 0. The summed E-state index contributed by atoms with van der Waals surface area (Å²) in [5.41, 5.74) is 0. The summed E-state index contributed by atoms with van der Waals surface area (Å²) in [6, 6.07) is 0. The molecule has 0 unspecified atom stereocenters. The van der Waals surface area contributed by atoms with E-state index in [4.69, 9.17) is 0 Å². The zero-order valence-electron chi connectivity index (χ0n) is 3.92. The van der Waals surface area contributed by atoms with Crippen LogP contribution in [0.1, 0.15) is 0 Å². The van der Waals surface area contributed by atoms with Crippen LogP contribution in [0.3, 0.4) is 0 Å². The van der Waals surface area contributed by atoms with Crippen molar-refractivity contribution in [2.75, 3.05) is 0 Å². The molecule has 0 fully saturated rings. The minimum atomic E-state index is 0.428. The molecule has 0 aliphatic carbocycles. The fourth-order valence-corrected chi connectivity index (χ4v) is 7.04. The van der Waals surface area contributed by atoms with E-state index in [-0.39, 0.29) is 0 Å². The molecule has 0 nitrogen and oxygen atoms in total. The average molecular weight is 447 g/mol. The van der Waals surface area contributed by atoms with E-state index in [1.807, 2.05) is 0 Å². The molecule has 50 valence electrons. The van der Waals surface area contributed by atoms with E-state index < -0.39 is 0 Å². The van der Waals surface area contributed by atoms with E-state index in [2.05, 4.69) is 63.7 Å². The van der Waals surface area contributed by atoms with Crippen molar-refractivity contribution in [2.24, 2.45) is 0 Å². The summed E-state index contributed by atoms with van der Waals surface area (Å²) in [6.45, 7) is 0. The number of hydrogen-bond acceptors (Lipinski definition) is 0. The molecule has 0 N–H and O–H groups in total. The molecule has 0 amide bonds. The summed E-state index contributed by atoms with van der Waals surface area (Å²) in [6.07, 6.45) is 0. The van der Waals surface area contributed by atoms with Gasteiger partial charge in [-0.05, 0) is 0 Å². The Morgan fingerprint density at radius 3 is 1.22 bits per heavy atom. The first-order valence-corrected chi connectivity index (χ1v) is 6.80. The second-order valence-electron chi connectivity index (χ2n) is 1.28. The van der Waals surface area contributed by atoms with Gasteiger partial charge in [0.15, 0.2) is 0 Å². The zero-order valence-corrected chi connectivity index (χ0v) is 12.0. The first kappa shape index (κ1) is 9.01. The third kappa shape index (κ3) is 1.94. The number of halogens is 4. The molecule has 1 heterocycles. The van der Waals surface area contributed by atoms with Crippen molar-refractivity contribution in [1.82, 2.24) is 0 Å². The van der Waals surface area contributed by atoms with Crippen molar-refractivity contribution in [3.8, 4) is 0 Å². The molecule has 1 aromatic heterocycles. The van der Waals surface area contributed by atoms with Gasteiger partial charge in [0, 0.05) is 0 Å². The Kier molecular flexibility index (Phi) is 3.55. The van der Waals surface area contributed by atoms with E-state index in [9.17, 15) is 0 Å². The molecular weight excluding hydrogens is 447 g/mol. The van der Waals surface area contributed by atoms with E-state index in [1.165, 1.54) is 6.69 Å². The maximum absolute atomic E-state index is 3.44. The van der Waals surface area contributed by atoms with Gasteiger partial charge in [-0.25, -0.2) is 0 Å². The Labute approximate surface area is 92.7 Å². The molecule has 0 saturated carbocycles. The second-order valence-corrected chi connectivity index (χ2v) is 8.95. The summed E-state index contributed by atoms with van der Waals surface area (Å²) >= 11 is 14.2. The van der Waals surface area contributed by atoms with Crippen LogP contribution in [0, 0.1) is 0 Å². The van der Waals surface area contributed by atoms with Crippen molar-refractivity contribution in [3.05, 3.63) is 15.6 Å². The van der Waals surface area contributed by atoms with Gasteiger partial charge < -0.3 is 0 Å². The van der Waals surface area contributed by atoms with Gasteiger partial charge in [-0.15, -0.1) is 0 Å². The molecule has 0 aromatic carbocycles. The summed E-state index contributed by atoms with van der Waals surface area (Å²) < 4.78 is 4.76. The fraction of sp³-hybridized carbons (Fsp3) is 0. The van der Waals surface area contributed by atoms with Gasteiger partial charge in [0.05, 0.1) is 0 Å². The Balaban J connectivity index is 3.29. The molecule has 0 spiro atoms. The van der Waals surface area contributed by atoms with Crippen molar-refractivity contribution >= 4 is 78.2 Å². The quantitative estimate of drug-likeness (QED) is 0.532. The Bertz CT molecular complexity index is 206. The summed E-state index contributed by atoms with van der Waals surface area (Å²) in [5.74, 6) is 0. The van der Waals surface area contributed by atoms with Crippen LogP contribution in [-0.2, 0) is 0 Å². The van der Waals surface area contributed by atoms with Gasteiger partial charge in [0.25, 0.3) is 0 Å².